The summed E-state index contributed by atoms with van der Waals surface area (Å²) in [5.41, 5.74) is 8.86. The summed E-state index contributed by atoms with van der Waals surface area (Å²) in [6, 6.07) is 17.8. The van der Waals surface area contributed by atoms with E-state index in [9.17, 15) is 9.59 Å². The number of rotatable bonds is 10. The lowest BCUT2D eigenvalue weighted by Gasteiger charge is -2.32. The van der Waals surface area contributed by atoms with Crippen molar-refractivity contribution in [3.8, 4) is 22.8 Å². The molecule has 3 N–H and O–H groups in total. The Balaban J connectivity index is 1.54. The summed E-state index contributed by atoms with van der Waals surface area (Å²) in [6.45, 7) is 0.250. The van der Waals surface area contributed by atoms with Gasteiger partial charge in [-0.1, -0.05) is 31.0 Å². The number of aromatic nitrogens is 1. The van der Waals surface area contributed by atoms with Crippen LogP contribution in [0, 0.1) is 0 Å². The van der Waals surface area contributed by atoms with Crippen molar-refractivity contribution >= 4 is 40.4 Å². The van der Waals surface area contributed by atoms with Gasteiger partial charge in [0.15, 0.2) is 0 Å². The van der Waals surface area contributed by atoms with E-state index < -0.39 is 6.04 Å². The summed E-state index contributed by atoms with van der Waals surface area (Å²) in [5.74, 6) is 0.836. The molecule has 4 aromatic rings. The zero-order chi connectivity index (χ0) is 28.1. The minimum atomic E-state index is -0.868. The van der Waals surface area contributed by atoms with Crippen LogP contribution in [0.5, 0.6) is 11.5 Å². The molecule has 1 saturated carbocycles. The van der Waals surface area contributed by atoms with Crippen LogP contribution in [0.3, 0.4) is 0 Å². The molecule has 2 aromatic carbocycles. The van der Waals surface area contributed by atoms with E-state index in [0.717, 1.165) is 47.7 Å². The quantitative estimate of drug-likeness (QED) is 0.243. The second-order valence-corrected chi connectivity index (χ2v) is 11.5. The van der Waals surface area contributed by atoms with Crippen molar-refractivity contribution in [1.29, 1.82) is 0 Å². The third-order valence-electron chi connectivity index (χ3n) is 7.15. The largest absolute Gasteiger partial charge is 0.497 e. The molecule has 1 aliphatic rings. The zero-order valence-corrected chi connectivity index (χ0v) is 24.1. The minimum absolute atomic E-state index is 0.0992. The number of ether oxygens (including phenoxy) is 2. The normalized spacial score (nSPS) is 14.1. The Hall–Kier alpha value is -3.89. The molecule has 208 valence electrons. The van der Waals surface area contributed by atoms with Crippen LogP contribution in [0.1, 0.15) is 51.8 Å². The Morgan fingerprint density at radius 2 is 1.68 bits per heavy atom. The molecular weight excluding hydrogens is 544 g/mol. The Kier molecular flexibility index (Phi) is 8.66. The molecule has 1 unspecified atom stereocenters. The standard InChI is InChI=1S/C30H32N4O4S2/c1-37-22-13-9-19(10-14-22)26-25(31)28(40-33-26)30(36)34(18-24-8-5-17-39-24)27(20-11-15-23(38-2)16-12-20)29(35)32-21-6-3-4-7-21/h5,8-17,21,27H,3-4,6-7,18,31H2,1-2H3,(H,32,35). The molecule has 0 radical (unpaired) electrons. The number of nitrogens with two attached hydrogens (primary N) is 1. The maximum absolute atomic E-state index is 14.3. The third-order valence-corrected chi connectivity index (χ3v) is 8.86. The number of carbonyl (C=O) groups is 2. The maximum atomic E-state index is 14.3. The van der Waals surface area contributed by atoms with Gasteiger partial charge in [-0.2, -0.15) is 4.37 Å². The number of amides is 2. The average Bonchev–Trinajstić information content (AvgIpc) is 3.76. The first-order chi connectivity index (χ1) is 19.5. The Bertz CT molecular complexity index is 1430. The lowest BCUT2D eigenvalue weighted by molar-refractivity contribution is -0.126. The highest BCUT2D eigenvalue weighted by molar-refractivity contribution is 7.10. The number of nitrogens with one attached hydrogen (secondary N) is 1. The fourth-order valence-electron chi connectivity index (χ4n) is 5.00. The van der Waals surface area contributed by atoms with Gasteiger partial charge < -0.3 is 25.4 Å². The first-order valence-corrected chi connectivity index (χ1v) is 14.8. The van der Waals surface area contributed by atoms with E-state index in [2.05, 4.69) is 9.69 Å². The highest BCUT2D eigenvalue weighted by Crippen LogP contribution is 2.36. The molecule has 0 saturated heterocycles. The number of hydrogen-bond acceptors (Lipinski definition) is 8. The van der Waals surface area contributed by atoms with Crippen LogP contribution < -0.4 is 20.5 Å². The Morgan fingerprint density at radius 1 is 1.02 bits per heavy atom. The van der Waals surface area contributed by atoms with Crippen molar-refractivity contribution in [3.05, 3.63) is 81.4 Å². The number of thiophene rings is 1. The van der Waals surface area contributed by atoms with Gasteiger partial charge in [-0.15, -0.1) is 11.3 Å². The summed E-state index contributed by atoms with van der Waals surface area (Å²) < 4.78 is 15.1. The van der Waals surface area contributed by atoms with Crippen molar-refractivity contribution < 1.29 is 19.1 Å². The zero-order valence-electron chi connectivity index (χ0n) is 22.5. The van der Waals surface area contributed by atoms with Crippen molar-refractivity contribution in [2.24, 2.45) is 0 Å². The maximum Gasteiger partial charge on any atom is 0.268 e. The average molecular weight is 577 g/mol. The van der Waals surface area contributed by atoms with Gasteiger partial charge in [-0.05, 0) is 77.8 Å². The van der Waals surface area contributed by atoms with E-state index in [1.165, 1.54) is 11.3 Å². The van der Waals surface area contributed by atoms with Gasteiger partial charge in [0.2, 0.25) is 5.91 Å². The van der Waals surface area contributed by atoms with Crippen LogP contribution in [-0.2, 0) is 11.3 Å². The van der Waals surface area contributed by atoms with Crippen LogP contribution in [0.15, 0.2) is 66.0 Å². The lowest BCUT2D eigenvalue weighted by atomic mass is 10.0. The van der Waals surface area contributed by atoms with Crippen molar-refractivity contribution in [2.45, 2.75) is 44.3 Å². The second kappa shape index (κ2) is 12.5. The molecule has 2 heterocycles. The number of carbonyl (C=O) groups excluding carboxylic acids is 2. The molecule has 1 atom stereocenters. The lowest BCUT2D eigenvalue weighted by Crippen LogP contribution is -2.45. The number of anilines is 1. The Labute approximate surface area is 241 Å². The van der Waals surface area contributed by atoms with E-state index in [1.807, 2.05) is 66.0 Å². The van der Waals surface area contributed by atoms with Crippen molar-refractivity contribution in [1.82, 2.24) is 14.6 Å². The van der Waals surface area contributed by atoms with E-state index in [0.29, 0.717) is 33.3 Å². The topological polar surface area (TPSA) is 107 Å². The highest BCUT2D eigenvalue weighted by Gasteiger charge is 2.36. The molecule has 1 aliphatic carbocycles. The molecule has 0 spiro atoms. The number of nitrogen functional groups attached to an aromatic ring is 1. The smallest absolute Gasteiger partial charge is 0.268 e. The molecule has 2 aromatic heterocycles. The predicted molar refractivity (Wildman–Crippen MR) is 159 cm³/mol. The monoisotopic (exact) mass is 576 g/mol. The number of benzene rings is 2. The van der Waals surface area contributed by atoms with Crippen molar-refractivity contribution in [2.75, 3.05) is 20.0 Å². The molecule has 1 fully saturated rings. The first kappa shape index (κ1) is 27.7. The summed E-state index contributed by atoms with van der Waals surface area (Å²) in [4.78, 5) is 31.1. The van der Waals surface area contributed by atoms with Crippen molar-refractivity contribution in [3.63, 3.8) is 0 Å². The van der Waals surface area contributed by atoms with Gasteiger partial charge in [0.05, 0.1) is 26.5 Å². The first-order valence-electron chi connectivity index (χ1n) is 13.2. The molecule has 0 aliphatic heterocycles. The fourth-order valence-corrected chi connectivity index (χ4v) is 6.48. The van der Waals surface area contributed by atoms with Crippen LogP contribution in [0.4, 0.5) is 5.69 Å². The summed E-state index contributed by atoms with van der Waals surface area (Å²) in [6.07, 6.45) is 4.04. The van der Waals surface area contributed by atoms with Crippen LogP contribution in [-0.4, -0.2) is 41.3 Å². The fraction of sp³-hybridized carbons (Fsp3) is 0.300. The molecule has 5 rings (SSSR count). The van der Waals surface area contributed by atoms with Gasteiger partial charge in [0.25, 0.3) is 5.91 Å². The van der Waals surface area contributed by atoms with E-state index in [1.54, 1.807) is 19.1 Å². The molecule has 2 amide bonds. The molecule has 8 nitrogen and oxygen atoms in total. The van der Waals surface area contributed by atoms with E-state index in [4.69, 9.17) is 15.2 Å². The third kappa shape index (κ3) is 5.97. The van der Waals surface area contributed by atoms with Gasteiger partial charge in [-0.25, -0.2) is 0 Å². The van der Waals surface area contributed by atoms with Crippen LogP contribution in [0.25, 0.3) is 11.3 Å². The SMILES string of the molecule is COc1ccc(-c2nsc(C(=O)N(Cc3cccs3)C(C(=O)NC3CCCC3)c3ccc(OC)cc3)c2N)cc1. The summed E-state index contributed by atoms with van der Waals surface area (Å²) in [7, 11) is 3.20. The van der Waals surface area contributed by atoms with E-state index in [-0.39, 0.29) is 24.4 Å². The van der Waals surface area contributed by atoms with Gasteiger partial charge >= 0.3 is 0 Å². The molecule has 40 heavy (non-hydrogen) atoms. The number of nitrogens with zero attached hydrogens (tertiary/aromatic N) is 2. The number of hydrogen-bond donors (Lipinski definition) is 2. The van der Waals surface area contributed by atoms with Crippen LogP contribution in [0.2, 0.25) is 0 Å². The van der Waals surface area contributed by atoms with Gasteiger partial charge in [-0.3, -0.25) is 9.59 Å². The summed E-state index contributed by atoms with van der Waals surface area (Å²) in [5, 5.41) is 5.17. The molecule has 10 heteroatoms. The second-order valence-electron chi connectivity index (χ2n) is 9.68. The van der Waals surface area contributed by atoms with Gasteiger partial charge in [0, 0.05) is 16.5 Å². The Morgan fingerprint density at radius 3 is 2.27 bits per heavy atom. The summed E-state index contributed by atoms with van der Waals surface area (Å²) >= 11 is 2.58. The predicted octanol–water partition coefficient (Wildman–Crippen LogP) is 5.91. The molecular formula is C30H32N4O4S2. The molecule has 0 bridgehead atoms. The van der Waals surface area contributed by atoms with Gasteiger partial charge in [0.1, 0.15) is 28.1 Å². The van der Waals surface area contributed by atoms with E-state index >= 15 is 0 Å². The number of methoxy groups -OCH3 is 2. The van der Waals surface area contributed by atoms with Crippen LogP contribution >= 0.6 is 22.9 Å². The highest BCUT2D eigenvalue weighted by atomic mass is 32.1. The minimum Gasteiger partial charge on any atom is -0.497 e.